The highest BCUT2D eigenvalue weighted by Gasteiger charge is 2.09. The molecule has 7 heteroatoms. The molecular formula is C22H25N5O2. The molecule has 0 fully saturated rings. The number of anilines is 3. The van der Waals surface area contributed by atoms with Gasteiger partial charge in [0.15, 0.2) is 0 Å². The van der Waals surface area contributed by atoms with Gasteiger partial charge >= 0.3 is 0 Å². The Morgan fingerprint density at radius 2 is 1.72 bits per heavy atom. The number of nitrogens with one attached hydrogen (secondary N) is 2. The lowest BCUT2D eigenvalue weighted by Crippen LogP contribution is -2.15. The number of hydrogen-bond donors (Lipinski definition) is 2. The van der Waals surface area contributed by atoms with Crippen LogP contribution in [0.2, 0.25) is 0 Å². The van der Waals surface area contributed by atoms with Crippen molar-refractivity contribution in [1.29, 1.82) is 0 Å². The summed E-state index contributed by atoms with van der Waals surface area (Å²) in [6.45, 7) is 0.713. The van der Waals surface area contributed by atoms with Gasteiger partial charge in [-0.3, -0.25) is 4.79 Å². The van der Waals surface area contributed by atoms with Crippen molar-refractivity contribution in [2.75, 3.05) is 43.3 Å². The smallest absolute Gasteiger partial charge is 0.275 e. The van der Waals surface area contributed by atoms with Crippen LogP contribution in [0, 0.1) is 0 Å². The van der Waals surface area contributed by atoms with E-state index in [-0.39, 0.29) is 11.6 Å². The molecule has 0 atom stereocenters. The topological polar surface area (TPSA) is 79.4 Å². The van der Waals surface area contributed by atoms with Crippen molar-refractivity contribution in [2.24, 2.45) is 0 Å². The number of rotatable bonds is 8. The molecule has 0 bridgehead atoms. The number of hydrogen-bond acceptors (Lipinski definition) is 6. The number of nitrogens with zero attached hydrogens (tertiary/aromatic N) is 3. The Labute approximate surface area is 170 Å². The first-order chi connectivity index (χ1) is 14.0. The number of carbonyl (C=O) groups is 1. The third kappa shape index (κ3) is 5.68. The first-order valence-corrected chi connectivity index (χ1v) is 9.33. The Balaban J connectivity index is 1.50. The standard InChI is InChI=1S/C22H25N5O2/c1-27(2)18-8-6-17(7-9-18)26-22(28)20-14-25-21(15-24-20)23-13-12-16-4-10-19(29-3)11-5-16/h4-11,14-15H,12-13H2,1-3H3,(H,23,25)(H,26,28). The van der Waals surface area contributed by atoms with E-state index in [2.05, 4.69) is 20.6 Å². The third-order valence-electron chi connectivity index (χ3n) is 4.40. The summed E-state index contributed by atoms with van der Waals surface area (Å²) >= 11 is 0. The molecule has 7 nitrogen and oxygen atoms in total. The summed E-state index contributed by atoms with van der Waals surface area (Å²) in [5.74, 6) is 1.18. The Hall–Kier alpha value is -3.61. The van der Waals surface area contributed by atoms with Gasteiger partial charge < -0.3 is 20.3 Å². The molecule has 0 spiro atoms. The second-order valence-electron chi connectivity index (χ2n) is 6.71. The van der Waals surface area contributed by atoms with E-state index in [4.69, 9.17) is 4.74 Å². The average Bonchev–Trinajstić information content (AvgIpc) is 2.75. The van der Waals surface area contributed by atoms with Gasteiger partial charge in [0.25, 0.3) is 5.91 Å². The van der Waals surface area contributed by atoms with Crippen LogP contribution in [0.15, 0.2) is 60.9 Å². The Bertz CT molecular complexity index is 923. The summed E-state index contributed by atoms with van der Waals surface area (Å²) in [5.41, 5.74) is 3.24. The van der Waals surface area contributed by atoms with E-state index >= 15 is 0 Å². The maximum Gasteiger partial charge on any atom is 0.275 e. The fourth-order valence-electron chi connectivity index (χ4n) is 2.70. The third-order valence-corrected chi connectivity index (χ3v) is 4.40. The molecule has 2 aromatic carbocycles. The minimum atomic E-state index is -0.292. The molecule has 1 amide bonds. The molecule has 0 aliphatic rings. The molecule has 0 aliphatic carbocycles. The molecule has 29 heavy (non-hydrogen) atoms. The highest BCUT2D eigenvalue weighted by Crippen LogP contribution is 2.16. The summed E-state index contributed by atoms with van der Waals surface area (Å²) < 4.78 is 5.16. The number of amides is 1. The quantitative estimate of drug-likeness (QED) is 0.612. The van der Waals surface area contributed by atoms with Crippen molar-refractivity contribution in [1.82, 2.24) is 9.97 Å². The lowest BCUT2D eigenvalue weighted by Gasteiger charge is -2.13. The lowest BCUT2D eigenvalue weighted by molar-refractivity contribution is 0.102. The van der Waals surface area contributed by atoms with Gasteiger partial charge in [0.2, 0.25) is 0 Å². The van der Waals surface area contributed by atoms with E-state index in [0.29, 0.717) is 18.1 Å². The number of benzene rings is 2. The Kier molecular flexibility index (Phi) is 6.63. The molecule has 1 aromatic heterocycles. The molecule has 3 aromatic rings. The minimum absolute atomic E-state index is 0.266. The fraction of sp³-hybridized carbons (Fsp3) is 0.227. The molecule has 150 valence electrons. The van der Waals surface area contributed by atoms with E-state index in [1.165, 1.54) is 11.8 Å². The molecule has 2 N–H and O–H groups in total. The number of ether oxygens (including phenoxy) is 1. The predicted molar refractivity (Wildman–Crippen MR) is 116 cm³/mol. The van der Waals surface area contributed by atoms with Crippen molar-refractivity contribution in [3.05, 3.63) is 72.2 Å². The molecular weight excluding hydrogens is 366 g/mol. The average molecular weight is 391 g/mol. The summed E-state index contributed by atoms with van der Waals surface area (Å²) in [7, 11) is 5.59. The largest absolute Gasteiger partial charge is 0.497 e. The zero-order valence-corrected chi connectivity index (χ0v) is 16.8. The summed E-state index contributed by atoms with van der Waals surface area (Å²) in [6, 6.07) is 15.5. The van der Waals surface area contributed by atoms with Crippen LogP contribution < -0.4 is 20.3 Å². The summed E-state index contributed by atoms with van der Waals surface area (Å²) in [6.07, 6.45) is 3.88. The van der Waals surface area contributed by atoms with Crippen molar-refractivity contribution < 1.29 is 9.53 Å². The van der Waals surface area contributed by atoms with E-state index in [0.717, 1.165) is 17.9 Å². The monoisotopic (exact) mass is 391 g/mol. The van der Waals surface area contributed by atoms with Crippen molar-refractivity contribution >= 4 is 23.1 Å². The second kappa shape index (κ2) is 9.54. The van der Waals surface area contributed by atoms with Gasteiger partial charge in [-0.1, -0.05) is 12.1 Å². The maximum absolute atomic E-state index is 12.3. The molecule has 1 heterocycles. The van der Waals surface area contributed by atoms with E-state index < -0.39 is 0 Å². The minimum Gasteiger partial charge on any atom is -0.497 e. The van der Waals surface area contributed by atoms with E-state index in [9.17, 15) is 4.79 Å². The molecule has 0 radical (unpaired) electrons. The first-order valence-electron chi connectivity index (χ1n) is 9.33. The van der Waals surface area contributed by atoms with Gasteiger partial charge in [-0.25, -0.2) is 9.97 Å². The van der Waals surface area contributed by atoms with Crippen molar-refractivity contribution in [3.63, 3.8) is 0 Å². The number of aromatic nitrogens is 2. The fourth-order valence-corrected chi connectivity index (χ4v) is 2.70. The van der Waals surface area contributed by atoms with Gasteiger partial charge in [-0.2, -0.15) is 0 Å². The Morgan fingerprint density at radius 1 is 1.00 bits per heavy atom. The predicted octanol–water partition coefficient (Wildman–Crippen LogP) is 3.46. The van der Waals surface area contributed by atoms with Crippen LogP contribution in [0.4, 0.5) is 17.2 Å². The van der Waals surface area contributed by atoms with Crippen molar-refractivity contribution in [2.45, 2.75) is 6.42 Å². The van der Waals surface area contributed by atoms with Gasteiger partial charge in [0.1, 0.15) is 17.3 Å². The zero-order chi connectivity index (χ0) is 20.6. The highest BCUT2D eigenvalue weighted by atomic mass is 16.5. The first kappa shape index (κ1) is 20.1. The number of carbonyl (C=O) groups excluding carboxylic acids is 1. The summed E-state index contributed by atoms with van der Waals surface area (Å²) in [4.78, 5) is 22.8. The maximum atomic E-state index is 12.3. The van der Waals surface area contributed by atoms with Crippen molar-refractivity contribution in [3.8, 4) is 5.75 Å². The second-order valence-corrected chi connectivity index (χ2v) is 6.71. The van der Waals surface area contributed by atoms with Crippen LogP contribution in [0.5, 0.6) is 5.75 Å². The number of methoxy groups -OCH3 is 1. The van der Waals surface area contributed by atoms with Crippen LogP contribution in [-0.4, -0.2) is 43.6 Å². The van der Waals surface area contributed by atoms with E-state index in [1.54, 1.807) is 13.3 Å². The van der Waals surface area contributed by atoms with Crippen LogP contribution in [-0.2, 0) is 6.42 Å². The highest BCUT2D eigenvalue weighted by molar-refractivity contribution is 6.02. The van der Waals surface area contributed by atoms with Crippen LogP contribution >= 0.6 is 0 Å². The normalized spacial score (nSPS) is 10.3. The molecule has 0 saturated heterocycles. The molecule has 0 aliphatic heterocycles. The lowest BCUT2D eigenvalue weighted by atomic mass is 10.1. The summed E-state index contributed by atoms with van der Waals surface area (Å²) in [5, 5.41) is 6.04. The van der Waals surface area contributed by atoms with Crippen LogP contribution in [0.3, 0.4) is 0 Å². The van der Waals surface area contributed by atoms with Crippen LogP contribution in [0.25, 0.3) is 0 Å². The zero-order valence-electron chi connectivity index (χ0n) is 16.8. The SMILES string of the molecule is COc1ccc(CCNc2cnc(C(=O)Nc3ccc(N(C)C)cc3)cn2)cc1. The van der Waals surface area contributed by atoms with Gasteiger partial charge in [-0.05, 0) is 48.4 Å². The van der Waals surface area contributed by atoms with Crippen LogP contribution in [0.1, 0.15) is 16.1 Å². The molecule has 0 saturated carbocycles. The van der Waals surface area contributed by atoms with Gasteiger partial charge in [0.05, 0.1) is 19.5 Å². The Morgan fingerprint density at radius 3 is 2.31 bits per heavy atom. The van der Waals surface area contributed by atoms with Gasteiger partial charge in [-0.15, -0.1) is 0 Å². The molecule has 0 unspecified atom stereocenters. The van der Waals surface area contributed by atoms with Gasteiger partial charge in [0, 0.05) is 32.0 Å². The van der Waals surface area contributed by atoms with E-state index in [1.807, 2.05) is 67.5 Å². The molecule has 3 rings (SSSR count).